The Hall–Kier alpha value is -1.58. The minimum Gasteiger partial charge on any atom is -0.609 e. The number of nitrogens with zero attached hydrogens (tertiary/aromatic N) is 6. The Balaban J connectivity index is 1.32. The lowest BCUT2D eigenvalue weighted by atomic mass is 9.94. The number of rotatable bonds is 6. The maximum absolute atomic E-state index is 12.4. The van der Waals surface area contributed by atoms with E-state index in [1.54, 1.807) is 0 Å². The predicted octanol–water partition coefficient (Wildman–Crippen LogP) is 2.46. The summed E-state index contributed by atoms with van der Waals surface area (Å²) in [6.45, 7) is 12.2. The second-order valence-corrected chi connectivity index (χ2v) is 11.8. The normalized spacial score (nSPS) is 21.7. The van der Waals surface area contributed by atoms with Crippen LogP contribution >= 0.6 is 0 Å². The van der Waals surface area contributed by atoms with E-state index in [4.69, 9.17) is 9.97 Å². The van der Waals surface area contributed by atoms with E-state index in [1.807, 2.05) is 11.9 Å². The molecule has 0 aromatic carbocycles. The van der Waals surface area contributed by atoms with Crippen molar-refractivity contribution < 1.29 is 4.55 Å². The zero-order valence-electron chi connectivity index (χ0n) is 20.1. The minimum atomic E-state index is -1.02. The zero-order valence-corrected chi connectivity index (χ0v) is 21.0. The third-order valence-corrected chi connectivity index (χ3v) is 8.16. The number of nitrogens with one attached hydrogen (secondary N) is 1. The molecule has 1 unspecified atom stereocenters. The topological polar surface area (TPSA) is 83.0 Å². The molecule has 0 bridgehead atoms. The van der Waals surface area contributed by atoms with Gasteiger partial charge in [-0.3, -0.25) is 15.2 Å². The maximum atomic E-state index is 12.4. The molecule has 1 saturated heterocycles. The van der Waals surface area contributed by atoms with Crippen molar-refractivity contribution in [3.8, 4) is 0 Å². The summed E-state index contributed by atoms with van der Waals surface area (Å²) >= 11 is -1.02. The van der Waals surface area contributed by atoms with Crippen LogP contribution in [0.2, 0.25) is 0 Å². The first-order chi connectivity index (χ1) is 15.3. The average Bonchev–Trinajstić information content (AvgIpc) is 3.45. The van der Waals surface area contributed by atoms with Crippen molar-refractivity contribution in [2.24, 2.45) is 5.10 Å². The van der Waals surface area contributed by atoms with E-state index in [0.717, 1.165) is 50.8 Å². The molecular weight excluding hydrogens is 422 g/mol. The molecule has 1 saturated carbocycles. The highest BCUT2D eigenvalue weighted by molar-refractivity contribution is 8.06. The molecule has 2 fully saturated rings. The quantitative estimate of drug-likeness (QED) is 0.652. The second kappa shape index (κ2) is 10.1. The molecule has 1 aromatic rings. The number of hydrogen-bond donors (Lipinski definition) is 1. The SMILES string of the molecule is CN1CNN=C1[S+]([O-])CCCN1CCN(c2cc(C3CCCC3)nc(C(C)(C)C)n2)CC1. The van der Waals surface area contributed by atoms with E-state index in [0.29, 0.717) is 23.5 Å². The molecule has 0 amide bonds. The van der Waals surface area contributed by atoms with Gasteiger partial charge in [-0.25, -0.2) is 9.97 Å². The molecule has 1 atom stereocenters. The van der Waals surface area contributed by atoms with E-state index in [-0.39, 0.29) is 5.41 Å². The number of hydrazone groups is 1. The average molecular weight is 462 g/mol. The van der Waals surface area contributed by atoms with E-state index in [9.17, 15) is 4.55 Å². The molecule has 2 aliphatic heterocycles. The Morgan fingerprint density at radius 2 is 1.84 bits per heavy atom. The summed E-state index contributed by atoms with van der Waals surface area (Å²) in [6.07, 6.45) is 6.07. The van der Waals surface area contributed by atoms with E-state index >= 15 is 0 Å². The van der Waals surface area contributed by atoms with Crippen LogP contribution in [0.15, 0.2) is 11.2 Å². The minimum absolute atomic E-state index is 0.0476. The molecule has 3 heterocycles. The van der Waals surface area contributed by atoms with Crippen LogP contribution < -0.4 is 10.3 Å². The highest BCUT2D eigenvalue weighted by Crippen LogP contribution is 2.35. The van der Waals surface area contributed by atoms with Crippen molar-refractivity contribution in [2.45, 2.75) is 64.2 Å². The first-order valence-corrected chi connectivity index (χ1v) is 13.4. The van der Waals surface area contributed by atoms with Crippen LogP contribution in [0.3, 0.4) is 0 Å². The van der Waals surface area contributed by atoms with Crippen molar-refractivity contribution in [3.05, 3.63) is 17.6 Å². The van der Waals surface area contributed by atoms with Crippen molar-refractivity contribution in [2.75, 3.05) is 57.1 Å². The lowest BCUT2D eigenvalue weighted by Crippen LogP contribution is -2.47. The highest BCUT2D eigenvalue weighted by Gasteiger charge is 2.28. The van der Waals surface area contributed by atoms with Crippen molar-refractivity contribution in [1.29, 1.82) is 0 Å². The fourth-order valence-corrected chi connectivity index (χ4v) is 5.83. The Kier molecular flexibility index (Phi) is 7.47. The molecule has 3 aliphatic rings. The molecule has 0 radical (unpaired) electrons. The smallest absolute Gasteiger partial charge is 0.336 e. The molecule has 4 rings (SSSR count). The van der Waals surface area contributed by atoms with Crippen LogP contribution in [0, 0.1) is 0 Å². The van der Waals surface area contributed by atoms with Gasteiger partial charge in [-0.15, -0.1) is 5.10 Å². The molecule has 8 nitrogen and oxygen atoms in total. The van der Waals surface area contributed by atoms with E-state index in [2.05, 4.69) is 47.2 Å². The van der Waals surface area contributed by atoms with Gasteiger partial charge in [-0.2, -0.15) is 0 Å². The zero-order chi connectivity index (χ0) is 22.7. The largest absolute Gasteiger partial charge is 0.609 e. The number of piperazine rings is 1. The molecule has 1 aliphatic carbocycles. The van der Waals surface area contributed by atoms with Crippen LogP contribution in [0.25, 0.3) is 0 Å². The summed E-state index contributed by atoms with van der Waals surface area (Å²) in [4.78, 5) is 16.8. The first kappa shape index (κ1) is 23.6. The van der Waals surface area contributed by atoms with Gasteiger partial charge in [0.05, 0.1) is 0 Å². The number of hydrogen-bond acceptors (Lipinski definition) is 8. The monoisotopic (exact) mass is 461 g/mol. The summed E-state index contributed by atoms with van der Waals surface area (Å²) in [7, 11) is 1.92. The highest BCUT2D eigenvalue weighted by atomic mass is 32.2. The van der Waals surface area contributed by atoms with Gasteiger partial charge in [0.2, 0.25) is 0 Å². The summed E-state index contributed by atoms with van der Waals surface area (Å²) in [6, 6.07) is 2.26. The van der Waals surface area contributed by atoms with Gasteiger partial charge in [0, 0.05) is 80.5 Å². The van der Waals surface area contributed by atoms with Gasteiger partial charge < -0.3 is 9.45 Å². The molecule has 9 heteroatoms. The lowest BCUT2D eigenvalue weighted by molar-refractivity contribution is 0.258. The summed E-state index contributed by atoms with van der Waals surface area (Å²) in [5.41, 5.74) is 4.09. The predicted molar refractivity (Wildman–Crippen MR) is 131 cm³/mol. The Morgan fingerprint density at radius 3 is 2.47 bits per heavy atom. The van der Waals surface area contributed by atoms with Gasteiger partial charge in [0.15, 0.2) is 0 Å². The van der Waals surface area contributed by atoms with Gasteiger partial charge >= 0.3 is 5.17 Å². The molecular formula is C23H39N7OS. The summed E-state index contributed by atoms with van der Waals surface area (Å²) < 4.78 is 12.4. The summed E-state index contributed by atoms with van der Waals surface area (Å²) in [5.74, 6) is 3.33. The van der Waals surface area contributed by atoms with Crippen LogP contribution in [0.4, 0.5) is 5.82 Å². The molecule has 0 spiro atoms. The second-order valence-electron chi connectivity index (χ2n) is 10.3. The molecule has 32 heavy (non-hydrogen) atoms. The van der Waals surface area contributed by atoms with Gasteiger partial charge in [0.1, 0.15) is 24.1 Å². The molecule has 1 N–H and O–H groups in total. The van der Waals surface area contributed by atoms with Gasteiger partial charge in [0.25, 0.3) is 0 Å². The van der Waals surface area contributed by atoms with E-state index < -0.39 is 11.2 Å². The number of amidine groups is 1. The van der Waals surface area contributed by atoms with Crippen LogP contribution in [0.1, 0.15) is 70.3 Å². The van der Waals surface area contributed by atoms with Crippen LogP contribution in [-0.2, 0) is 16.6 Å². The lowest BCUT2D eigenvalue weighted by Gasteiger charge is -2.36. The first-order valence-electron chi connectivity index (χ1n) is 12.1. The Bertz CT molecular complexity index is 798. The van der Waals surface area contributed by atoms with Gasteiger partial charge in [-0.05, 0) is 12.8 Å². The number of anilines is 1. The van der Waals surface area contributed by atoms with Crippen molar-refractivity contribution >= 4 is 22.2 Å². The summed E-state index contributed by atoms with van der Waals surface area (Å²) in [5, 5.41) is 4.82. The van der Waals surface area contributed by atoms with Gasteiger partial charge in [-0.1, -0.05) is 33.6 Å². The molecule has 1 aromatic heterocycles. The maximum Gasteiger partial charge on any atom is 0.336 e. The van der Waals surface area contributed by atoms with Crippen molar-refractivity contribution in [1.82, 2.24) is 25.2 Å². The Morgan fingerprint density at radius 1 is 1.12 bits per heavy atom. The third-order valence-electron chi connectivity index (χ3n) is 6.69. The number of aromatic nitrogens is 2. The Labute approximate surface area is 196 Å². The molecule has 178 valence electrons. The fraction of sp³-hybridized carbons (Fsp3) is 0.783. The third kappa shape index (κ3) is 5.66. The van der Waals surface area contributed by atoms with Crippen LogP contribution in [-0.4, -0.2) is 81.7 Å². The van der Waals surface area contributed by atoms with Crippen LogP contribution in [0.5, 0.6) is 0 Å². The standard InChI is InChI=1S/C23H39N7OS/c1-23(2,3)21-25-19(18-8-5-6-9-18)16-20(26-21)30-13-11-29(12-14-30)10-7-15-32(31)22-27-24-17-28(22)4/h16,18,24H,5-15,17H2,1-4H3. The van der Waals surface area contributed by atoms with E-state index in [1.165, 1.54) is 31.4 Å². The fourth-order valence-electron chi connectivity index (χ4n) is 4.68. The van der Waals surface area contributed by atoms with Crippen molar-refractivity contribution in [3.63, 3.8) is 0 Å².